The van der Waals surface area contributed by atoms with Crippen molar-refractivity contribution in [1.29, 1.82) is 0 Å². The van der Waals surface area contributed by atoms with Crippen LogP contribution in [0.2, 0.25) is 0 Å². The molecule has 3 atom stereocenters. The zero-order valence-corrected chi connectivity index (χ0v) is 17.6. The SMILES string of the molecule is CCCc1cc(C2CCCN2CC2CNNC2c2cc(OC)ccc2OC)no1. The molecule has 2 aliphatic heterocycles. The molecule has 1 aromatic heterocycles. The van der Waals surface area contributed by atoms with Gasteiger partial charge in [0.15, 0.2) is 0 Å². The molecule has 2 fully saturated rings. The molecule has 2 N–H and O–H groups in total. The fourth-order valence-corrected chi connectivity index (χ4v) is 4.65. The van der Waals surface area contributed by atoms with Crippen LogP contribution in [0.15, 0.2) is 28.8 Å². The van der Waals surface area contributed by atoms with Crippen molar-refractivity contribution in [3.8, 4) is 11.5 Å². The normalized spacial score (nSPS) is 24.9. The van der Waals surface area contributed by atoms with E-state index >= 15 is 0 Å². The lowest BCUT2D eigenvalue weighted by Crippen LogP contribution is -2.33. The van der Waals surface area contributed by atoms with Gasteiger partial charge in [-0.05, 0) is 44.0 Å². The second-order valence-corrected chi connectivity index (χ2v) is 7.99. The van der Waals surface area contributed by atoms with Gasteiger partial charge in [-0.2, -0.15) is 0 Å². The highest BCUT2D eigenvalue weighted by Gasteiger charge is 2.36. The molecule has 0 aliphatic carbocycles. The van der Waals surface area contributed by atoms with Gasteiger partial charge in [-0.15, -0.1) is 0 Å². The van der Waals surface area contributed by atoms with Crippen LogP contribution in [-0.2, 0) is 6.42 Å². The zero-order chi connectivity index (χ0) is 20.2. The third-order valence-electron chi connectivity index (χ3n) is 6.11. The molecule has 2 saturated heterocycles. The third kappa shape index (κ3) is 4.27. The van der Waals surface area contributed by atoms with Crippen LogP contribution in [-0.4, -0.2) is 43.9 Å². The molecule has 1 aromatic carbocycles. The van der Waals surface area contributed by atoms with Gasteiger partial charge < -0.3 is 14.0 Å². The highest BCUT2D eigenvalue weighted by molar-refractivity contribution is 5.43. The zero-order valence-electron chi connectivity index (χ0n) is 17.6. The number of benzene rings is 1. The van der Waals surface area contributed by atoms with Crippen LogP contribution in [0.25, 0.3) is 0 Å². The Morgan fingerprint density at radius 1 is 1.24 bits per heavy atom. The van der Waals surface area contributed by atoms with E-state index in [0.717, 1.165) is 67.4 Å². The first-order valence-corrected chi connectivity index (χ1v) is 10.6. The Morgan fingerprint density at radius 3 is 2.93 bits per heavy atom. The van der Waals surface area contributed by atoms with Gasteiger partial charge >= 0.3 is 0 Å². The lowest BCUT2D eigenvalue weighted by atomic mass is 9.93. The highest BCUT2D eigenvalue weighted by Crippen LogP contribution is 2.38. The number of hydrogen-bond donors (Lipinski definition) is 2. The van der Waals surface area contributed by atoms with Gasteiger partial charge in [0.05, 0.1) is 26.3 Å². The summed E-state index contributed by atoms with van der Waals surface area (Å²) in [5.41, 5.74) is 9.02. The van der Waals surface area contributed by atoms with Gasteiger partial charge in [-0.25, -0.2) is 5.43 Å². The summed E-state index contributed by atoms with van der Waals surface area (Å²) in [6.45, 7) is 5.16. The molecule has 2 aliphatic rings. The average Bonchev–Trinajstić information content (AvgIpc) is 3.49. The van der Waals surface area contributed by atoms with Crippen LogP contribution in [0.3, 0.4) is 0 Å². The highest BCUT2D eigenvalue weighted by atomic mass is 16.5. The van der Waals surface area contributed by atoms with Gasteiger partial charge in [-0.1, -0.05) is 12.1 Å². The van der Waals surface area contributed by atoms with Crippen molar-refractivity contribution in [2.75, 3.05) is 33.9 Å². The summed E-state index contributed by atoms with van der Waals surface area (Å²) in [5, 5.41) is 4.38. The van der Waals surface area contributed by atoms with E-state index in [0.29, 0.717) is 12.0 Å². The summed E-state index contributed by atoms with van der Waals surface area (Å²) in [4.78, 5) is 2.56. The molecule has 0 spiro atoms. The lowest BCUT2D eigenvalue weighted by Gasteiger charge is -2.29. The molecule has 0 amide bonds. The minimum absolute atomic E-state index is 0.161. The molecule has 158 valence electrons. The van der Waals surface area contributed by atoms with E-state index in [2.05, 4.69) is 40.0 Å². The Kier molecular flexibility index (Phi) is 6.37. The van der Waals surface area contributed by atoms with Crippen LogP contribution in [0.4, 0.5) is 0 Å². The van der Waals surface area contributed by atoms with E-state index in [-0.39, 0.29) is 6.04 Å². The monoisotopic (exact) mass is 400 g/mol. The topological polar surface area (TPSA) is 71.8 Å². The van der Waals surface area contributed by atoms with E-state index in [1.165, 1.54) is 6.42 Å². The number of hydrazine groups is 1. The average molecular weight is 401 g/mol. The molecule has 0 saturated carbocycles. The Balaban J connectivity index is 1.50. The van der Waals surface area contributed by atoms with E-state index < -0.39 is 0 Å². The summed E-state index contributed by atoms with van der Waals surface area (Å²) in [6, 6.07) is 8.66. The Labute approximate surface area is 172 Å². The first kappa shape index (κ1) is 20.2. The Bertz CT molecular complexity index is 809. The number of nitrogens with one attached hydrogen (secondary N) is 2. The molecular formula is C22H32N4O3. The molecule has 4 rings (SSSR count). The first-order valence-electron chi connectivity index (χ1n) is 10.6. The minimum atomic E-state index is 0.161. The standard InChI is InChI=1S/C22H32N4O3/c1-4-6-17-12-19(25-29-17)20-7-5-10-26(20)14-15-13-23-24-22(15)18-11-16(27-2)8-9-21(18)28-3/h8-9,11-12,15,20,22-24H,4-7,10,13-14H2,1-3H3. The maximum Gasteiger partial charge on any atom is 0.137 e. The van der Waals surface area contributed by atoms with Crippen LogP contribution in [0.5, 0.6) is 11.5 Å². The number of likely N-dealkylation sites (tertiary alicyclic amines) is 1. The second-order valence-electron chi connectivity index (χ2n) is 7.99. The smallest absolute Gasteiger partial charge is 0.137 e. The number of nitrogens with zero attached hydrogens (tertiary/aromatic N) is 2. The van der Waals surface area contributed by atoms with Gasteiger partial charge in [0.2, 0.25) is 0 Å². The summed E-state index contributed by atoms with van der Waals surface area (Å²) in [5.74, 6) is 3.14. The Morgan fingerprint density at radius 2 is 2.14 bits per heavy atom. The van der Waals surface area contributed by atoms with E-state index in [9.17, 15) is 0 Å². The van der Waals surface area contributed by atoms with Crippen LogP contribution in [0, 0.1) is 5.92 Å². The predicted octanol–water partition coefficient (Wildman–Crippen LogP) is 3.25. The molecule has 29 heavy (non-hydrogen) atoms. The quantitative estimate of drug-likeness (QED) is 0.705. The second kappa shape index (κ2) is 9.15. The van der Waals surface area contributed by atoms with Crippen LogP contribution < -0.4 is 20.3 Å². The summed E-state index contributed by atoms with van der Waals surface area (Å²) >= 11 is 0. The van der Waals surface area contributed by atoms with Gasteiger partial charge in [0.1, 0.15) is 23.0 Å². The number of aryl methyl sites for hydroxylation is 1. The summed E-state index contributed by atoms with van der Waals surface area (Å²) in [6.07, 6.45) is 4.36. The minimum Gasteiger partial charge on any atom is -0.497 e. The molecule has 0 radical (unpaired) electrons. The van der Waals surface area contributed by atoms with Gasteiger partial charge in [-0.3, -0.25) is 10.3 Å². The van der Waals surface area contributed by atoms with Crippen LogP contribution in [0.1, 0.15) is 55.3 Å². The molecule has 2 aromatic rings. The predicted molar refractivity (Wildman–Crippen MR) is 111 cm³/mol. The number of aromatic nitrogens is 1. The maximum absolute atomic E-state index is 5.63. The van der Waals surface area contributed by atoms with Crippen molar-refractivity contribution in [3.05, 3.63) is 41.3 Å². The summed E-state index contributed by atoms with van der Waals surface area (Å²) in [7, 11) is 3.42. The van der Waals surface area contributed by atoms with Gasteiger partial charge in [0, 0.05) is 37.1 Å². The molecule has 7 nitrogen and oxygen atoms in total. The molecule has 3 heterocycles. The van der Waals surface area contributed by atoms with Crippen molar-refractivity contribution in [2.24, 2.45) is 5.92 Å². The third-order valence-corrected chi connectivity index (χ3v) is 6.11. The molecule has 3 unspecified atom stereocenters. The summed E-state index contributed by atoms with van der Waals surface area (Å²) < 4.78 is 16.6. The lowest BCUT2D eigenvalue weighted by molar-refractivity contribution is 0.203. The van der Waals surface area contributed by atoms with E-state index in [1.807, 2.05) is 12.1 Å². The molecule has 7 heteroatoms. The van der Waals surface area contributed by atoms with Gasteiger partial charge in [0.25, 0.3) is 0 Å². The van der Waals surface area contributed by atoms with Crippen molar-refractivity contribution in [2.45, 2.75) is 44.7 Å². The number of rotatable bonds is 8. The largest absolute Gasteiger partial charge is 0.497 e. The van der Waals surface area contributed by atoms with Crippen molar-refractivity contribution in [3.63, 3.8) is 0 Å². The fourth-order valence-electron chi connectivity index (χ4n) is 4.65. The molecule has 0 bridgehead atoms. The van der Waals surface area contributed by atoms with Crippen LogP contribution >= 0.6 is 0 Å². The number of hydrogen-bond acceptors (Lipinski definition) is 7. The fraction of sp³-hybridized carbons (Fsp3) is 0.591. The Hall–Kier alpha value is -2.09. The van der Waals surface area contributed by atoms with Crippen molar-refractivity contribution in [1.82, 2.24) is 20.9 Å². The van der Waals surface area contributed by atoms with E-state index in [4.69, 9.17) is 14.0 Å². The number of methoxy groups -OCH3 is 2. The molecular weight excluding hydrogens is 368 g/mol. The number of ether oxygens (including phenoxy) is 2. The van der Waals surface area contributed by atoms with Crippen molar-refractivity contribution < 1.29 is 14.0 Å². The first-order chi connectivity index (χ1) is 14.2. The maximum atomic E-state index is 5.63. The van der Waals surface area contributed by atoms with Crippen molar-refractivity contribution >= 4 is 0 Å². The van der Waals surface area contributed by atoms with E-state index in [1.54, 1.807) is 14.2 Å².